The monoisotopic (exact) mass is 269 g/mol. The van der Waals surface area contributed by atoms with Gasteiger partial charge in [0, 0.05) is 30.8 Å². The lowest BCUT2D eigenvalue weighted by molar-refractivity contribution is 0.0517. The van der Waals surface area contributed by atoms with Crippen LogP contribution in [-0.2, 0) is 17.7 Å². The Bertz CT molecular complexity index is 473. The van der Waals surface area contributed by atoms with E-state index in [-0.39, 0.29) is 0 Å². The van der Waals surface area contributed by atoms with Crippen LogP contribution in [-0.4, -0.2) is 39.3 Å². The minimum absolute atomic E-state index is 0.326. The number of aromatic nitrogens is 2. The third-order valence-electron chi connectivity index (χ3n) is 2.81. The fourth-order valence-corrected chi connectivity index (χ4v) is 2.08. The number of ether oxygens (including phenoxy) is 1. The first-order valence-corrected chi connectivity index (χ1v) is 6.07. The molecule has 2 heterocycles. The van der Waals surface area contributed by atoms with Crippen molar-refractivity contribution in [2.24, 2.45) is 5.84 Å². The molecule has 0 spiro atoms. The van der Waals surface area contributed by atoms with Crippen LogP contribution in [0.4, 0.5) is 0 Å². The van der Waals surface area contributed by atoms with Gasteiger partial charge in [-0.05, 0) is 19.1 Å². The Labute approximate surface area is 110 Å². The quantitative estimate of drug-likeness (QED) is 0.293. The molecule has 8 heteroatoms. The van der Waals surface area contributed by atoms with E-state index < -0.39 is 5.97 Å². The number of hydrazine groups is 1. The number of aromatic amines is 1. The van der Waals surface area contributed by atoms with E-state index in [4.69, 9.17) is 22.8 Å². The molecule has 4 N–H and O–H groups in total. The normalized spacial score (nSPS) is 14.0. The molecule has 7 nitrogen and oxygen atoms in total. The van der Waals surface area contributed by atoms with Gasteiger partial charge < -0.3 is 15.1 Å². The van der Waals surface area contributed by atoms with E-state index in [1.54, 1.807) is 6.92 Å². The van der Waals surface area contributed by atoms with Gasteiger partial charge in [-0.25, -0.2) is 10.6 Å². The van der Waals surface area contributed by atoms with Crippen molar-refractivity contribution in [2.75, 3.05) is 13.2 Å². The van der Waals surface area contributed by atoms with Gasteiger partial charge in [0.2, 0.25) is 0 Å². The number of carbonyl (C=O) groups excluding carboxylic acids is 1. The Morgan fingerprint density at radius 3 is 3.17 bits per heavy atom. The second-order valence-electron chi connectivity index (χ2n) is 3.87. The van der Waals surface area contributed by atoms with Gasteiger partial charge in [-0.15, -0.1) is 0 Å². The zero-order valence-electron chi connectivity index (χ0n) is 10.0. The summed E-state index contributed by atoms with van der Waals surface area (Å²) >= 11 is 5.08. The first kappa shape index (κ1) is 12.8. The van der Waals surface area contributed by atoms with Gasteiger partial charge in [0.1, 0.15) is 0 Å². The molecule has 0 saturated heterocycles. The van der Waals surface area contributed by atoms with Crippen LogP contribution in [0, 0.1) is 0 Å². The molecule has 18 heavy (non-hydrogen) atoms. The zero-order chi connectivity index (χ0) is 13.1. The van der Waals surface area contributed by atoms with Crippen LogP contribution in [0.25, 0.3) is 0 Å². The number of rotatable bonds is 2. The molecule has 0 saturated carbocycles. The van der Waals surface area contributed by atoms with E-state index in [2.05, 4.69) is 15.6 Å². The molecule has 2 rings (SSSR count). The van der Waals surface area contributed by atoms with Crippen LogP contribution in [0.15, 0.2) is 0 Å². The van der Waals surface area contributed by atoms with Gasteiger partial charge in [0.05, 0.1) is 6.61 Å². The maximum Gasteiger partial charge on any atom is 0.359 e. The molecule has 1 aromatic heterocycles. The van der Waals surface area contributed by atoms with E-state index in [1.807, 2.05) is 4.90 Å². The largest absolute Gasteiger partial charge is 0.461 e. The van der Waals surface area contributed by atoms with Crippen molar-refractivity contribution in [1.29, 1.82) is 0 Å². The second kappa shape index (κ2) is 5.32. The van der Waals surface area contributed by atoms with E-state index in [1.165, 1.54) is 0 Å². The minimum atomic E-state index is -0.413. The zero-order valence-corrected chi connectivity index (χ0v) is 10.8. The summed E-state index contributed by atoms with van der Waals surface area (Å²) in [7, 11) is 0. The van der Waals surface area contributed by atoms with Gasteiger partial charge in [0.15, 0.2) is 10.8 Å². The molecule has 0 radical (unpaired) electrons. The smallest absolute Gasteiger partial charge is 0.359 e. The highest BCUT2D eigenvalue weighted by atomic mass is 32.1. The standard InChI is InChI=1S/C10H15N5O2S/c1-2-17-9(16)8-6-5-15(10(18)12-11)4-3-7(6)13-14-8/h2-5,11H2,1H3,(H,12,18)(H,13,14). The Hall–Kier alpha value is -1.67. The SMILES string of the molecule is CCOC(=O)c1n[nH]c2c1CN(C(=S)NN)CC2. The summed E-state index contributed by atoms with van der Waals surface area (Å²) in [6, 6.07) is 0. The van der Waals surface area contributed by atoms with Crippen molar-refractivity contribution in [1.82, 2.24) is 20.5 Å². The Kier molecular flexibility index (Phi) is 3.78. The number of nitrogens with two attached hydrogens (primary N) is 1. The van der Waals surface area contributed by atoms with Crippen molar-refractivity contribution in [2.45, 2.75) is 19.9 Å². The van der Waals surface area contributed by atoms with Gasteiger partial charge in [-0.2, -0.15) is 5.10 Å². The van der Waals surface area contributed by atoms with Crippen LogP contribution in [0.1, 0.15) is 28.7 Å². The molecular formula is C10H15N5O2S. The summed E-state index contributed by atoms with van der Waals surface area (Å²) in [6.07, 6.45) is 0.740. The first-order chi connectivity index (χ1) is 8.67. The third kappa shape index (κ3) is 2.29. The highest BCUT2D eigenvalue weighted by molar-refractivity contribution is 7.80. The topological polar surface area (TPSA) is 96.3 Å². The lowest BCUT2D eigenvalue weighted by Crippen LogP contribution is -2.45. The van der Waals surface area contributed by atoms with E-state index in [9.17, 15) is 4.79 Å². The first-order valence-electron chi connectivity index (χ1n) is 5.66. The van der Waals surface area contributed by atoms with E-state index in [0.717, 1.165) is 24.2 Å². The minimum Gasteiger partial charge on any atom is -0.461 e. The van der Waals surface area contributed by atoms with Crippen molar-refractivity contribution in [3.05, 3.63) is 17.0 Å². The van der Waals surface area contributed by atoms with Crippen LogP contribution in [0.3, 0.4) is 0 Å². The number of hydrogen-bond acceptors (Lipinski definition) is 5. The van der Waals surface area contributed by atoms with Gasteiger partial charge in [-0.3, -0.25) is 5.10 Å². The van der Waals surface area contributed by atoms with Crippen LogP contribution >= 0.6 is 12.2 Å². The molecule has 0 aromatic carbocycles. The summed E-state index contributed by atoms with van der Waals surface area (Å²) in [4.78, 5) is 13.6. The maximum absolute atomic E-state index is 11.7. The Balaban J connectivity index is 2.21. The second-order valence-corrected chi connectivity index (χ2v) is 4.26. The fourth-order valence-electron chi connectivity index (χ4n) is 1.93. The van der Waals surface area contributed by atoms with Crippen molar-refractivity contribution in [3.63, 3.8) is 0 Å². The summed E-state index contributed by atoms with van der Waals surface area (Å²) in [5.74, 6) is 4.88. The van der Waals surface area contributed by atoms with E-state index >= 15 is 0 Å². The molecule has 0 bridgehead atoms. The molecule has 1 aliphatic heterocycles. The molecule has 0 aliphatic carbocycles. The number of fused-ring (bicyclic) bond motifs is 1. The van der Waals surface area contributed by atoms with Crippen LogP contribution in [0.2, 0.25) is 0 Å². The predicted octanol–water partition coefficient (Wildman–Crippen LogP) is -0.307. The summed E-state index contributed by atoms with van der Waals surface area (Å²) in [5.41, 5.74) is 4.56. The van der Waals surface area contributed by atoms with Gasteiger partial charge >= 0.3 is 5.97 Å². The Morgan fingerprint density at radius 1 is 1.72 bits per heavy atom. The molecule has 0 fully saturated rings. The fraction of sp³-hybridized carbons (Fsp3) is 0.500. The number of nitrogens with zero attached hydrogens (tertiary/aromatic N) is 2. The summed E-state index contributed by atoms with van der Waals surface area (Å²) in [6.45, 7) is 3.33. The molecular weight excluding hydrogens is 254 g/mol. The van der Waals surface area contributed by atoms with Crippen molar-refractivity contribution in [3.8, 4) is 0 Å². The number of esters is 1. The number of H-pyrrole nitrogens is 1. The van der Waals surface area contributed by atoms with Crippen molar-refractivity contribution < 1.29 is 9.53 Å². The molecule has 0 amide bonds. The van der Waals surface area contributed by atoms with Crippen LogP contribution < -0.4 is 11.3 Å². The highest BCUT2D eigenvalue weighted by Crippen LogP contribution is 2.20. The lowest BCUT2D eigenvalue weighted by atomic mass is 10.1. The lowest BCUT2D eigenvalue weighted by Gasteiger charge is -2.28. The average Bonchev–Trinajstić information content (AvgIpc) is 2.80. The molecule has 0 unspecified atom stereocenters. The number of thiocarbonyl (C=S) groups is 1. The molecule has 1 aromatic rings. The third-order valence-corrected chi connectivity index (χ3v) is 3.19. The van der Waals surface area contributed by atoms with Gasteiger partial charge in [0.25, 0.3) is 0 Å². The van der Waals surface area contributed by atoms with Crippen molar-refractivity contribution >= 4 is 23.3 Å². The highest BCUT2D eigenvalue weighted by Gasteiger charge is 2.26. The molecule has 1 aliphatic rings. The number of hydrogen-bond donors (Lipinski definition) is 3. The molecule has 0 atom stereocenters. The average molecular weight is 269 g/mol. The van der Waals surface area contributed by atoms with E-state index in [0.29, 0.717) is 24.0 Å². The summed E-state index contributed by atoms with van der Waals surface area (Å²) in [5, 5.41) is 7.34. The van der Waals surface area contributed by atoms with Gasteiger partial charge in [-0.1, -0.05) is 0 Å². The number of carbonyl (C=O) groups is 1. The summed E-state index contributed by atoms with van der Waals surface area (Å²) < 4.78 is 4.96. The predicted molar refractivity (Wildman–Crippen MR) is 68.6 cm³/mol. The maximum atomic E-state index is 11.7. The Morgan fingerprint density at radius 2 is 2.50 bits per heavy atom. The number of nitrogens with one attached hydrogen (secondary N) is 2. The van der Waals surface area contributed by atoms with Crippen LogP contribution in [0.5, 0.6) is 0 Å². The molecule has 98 valence electrons.